The Bertz CT molecular complexity index is 161. The van der Waals surface area contributed by atoms with Gasteiger partial charge in [-0.3, -0.25) is 0 Å². The summed E-state index contributed by atoms with van der Waals surface area (Å²) in [5.74, 6) is -0.217. The van der Waals surface area contributed by atoms with Gasteiger partial charge in [-0.15, -0.1) is 0 Å². The Hall–Kier alpha value is -0.790. The van der Waals surface area contributed by atoms with Crippen molar-refractivity contribution in [2.24, 2.45) is 0 Å². The van der Waals surface area contributed by atoms with Crippen LogP contribution in [0.1, 0.15) is 46.5 Å². The minimum absolute atomic E-state index is 0.101. The van der Waals surface area contributed by atoms with E-state index in [0.717, 1.165) is 25.7 Å². The van der Waals surface area contributed by atoms with Crippen molar-refractivity contribution >= 4 is 5.97 Å². The van der Waals surface area contributed by atoms with Crippen molar-refractivity contribution in [2.75, 3.05) is 0 Å². The van der Waals surface area contributed by atoms with Crippen LogP contribution in [0.25, 0.3) is 0 Å². The first-order valence-electron chi connectivity index (χ1n) is 5.07. The molecular formula is C11H20O2. The topological polar surface area (TPSA) is 26.3 Å². The second-order valence-corrected chi connectivity index (χ2v) is 3.11. The van der Waals surface area contributed by atoms with Crippen LogP contribution in [0.2, 0.25) is 0 Å². The quantitative estimate of drug-likeness (QED) is 0.468. The Morgan fingerprint density at radius 3 is 2.62 bits per heavy atom. The molecule has 0 aliphatic heterocycles. The minimum Gasteiger partial charge on any atom is -0.459 e. The maximum Gasteiger partial charge on any atom is 0.330 e. The van der Waals surface area contributed by atoms with Gasteiger partial charge < -0.3 is 4.74 Å². The second-order valence-electron chi connectivity index (χ2n) is 3.11. The summed E-state index contributed by atoms with van der Waals surface area (Å²) in [5.41, 5.74) is 0. The van der Waals surface area contributed by atoms with Gasteiger partial charge in [-0.2, -0.15) is 0 Å². The lowest BCUT2D eigenvalue weighted by atomic mass is 10.1. The summed E-state index contributed by atoms with van der Waals surface area (Å²) in [5, 5.41) is 0. The van der Waals surface area contributed by atoms with Crippen LogP contribution >= 0.6 is 0 Å². The highest BCUT2D eigenvalue weighted by Gasteiger charge is 2.08. The van der Waals surface area contributed by atoms with Crippen LogP contribution < -0.4 is 0 Å². The van der Waals surface area contributed by atoms with E-state index in [-0.39, 0.29) is 12.1 Å². The predicted octanol–water partition coefficient (Wildman–Crippen LogP) is 3.07. The first-order chi connectivity index (χ1) is 6.24. The van der Waals surface area contributed by atoms with Crippen molar-refractivity contribution in [3.8, 4) is 0 Å². The molecule has 0 heterocycles. The average Bonchev–Trinajstić information content (AvgIpc) is 2.12. The molecule has 0 aromatic carbocycles. The normalized spacial score (nSPS) is 13.2. The maximum absolute atomic E-state index is 11.1. The van der Waals surface area contributed by atoms with Crippen LogP contribution in [0.15, 0.2) is 12.2 Å². The summed E-state index contributed by atoms with van der Waals surface area (Å²) < 4.78 is 5.22. The average molecular weight is 184 g/mol. The Kier molecular flexibility index (Phi) is 7.36. The van der Waals surface area contributed by atoms with Gasteiger partial charge >= 0.3 is 5.97 Å². The third kappa shape index (κ3) is 6.38. The molecule has 0 saturated carbocycles. The van der Waals surface area contributed by atoms with E-state index >= 15 is 0 Å². The smallest absolute Gasteiger partial charge is 0.330 e. The van der Waals surface area contributed by atoms with Gasteiger partial charge in [0.25, 0.3) is 0 Å². The molecule has 1 unspecified atom stereocenters. The monoisotopic (exact) mass is 184 g/mol. The predicted molar refractivity (Wildman–Crippen MR) is 54.5 cm³/mol. The van der Waals surface area contributed by atoms with Crippen molar-refractivity contribution in [3.63, 3.8) is 0 Å². The number of allylic oxidation sites excluding steroid dienone is 1. The largest absolute Gasteiger partial charge is 0.459 e. The van der Waals surface area contributed by atoms with Gasteiger partial charge in [0.2, 0.25) is 0 Å². The van der Waals surface area contributed by atoms with Gasteiger partial charge in [-0.25, -0.2) is 4.79 Å². The van der Waals surface area contributed by atoms with E-state index in [9.17, 15) is 4.79 Å². The Labute approximate surface area is 81.0 Å². The second kappa shape index (κ2) is 7.84. The summed E-state index contributed by atoms with van der Waals surface area (Å²) in [4.78, 5) is 11.1. The number of carbonyl (C=O) groups is 1. The third-order valence-corrected chi connectivity index (χ3v) is 1.92. The maximum atomic E-state index is 11.1. The number of hydrogen-bond donors (Lipinski definition) is 0. The van der Waals surface area contributed by atoms with Crippen LogP contribution in [-0.2, 0) is 9.53 Å². The van der Waals surface area contributed by atoms with Gasteiger partial charge in [0.05, 0.1) is 0 Å². The number of esters is 1. The van der Waals surface area contributed by atoms with Crippen LogP contribution in [0.3, 0.4) is 0 Å². The number of hydrogen-bond acceptors (Lipinski definition) is 2. The summed E-state index contributed by atoms with van der Waals surface area (Å²) in [6.07, 6.45) is 7.44. The molecule has 0 spiro atoms. The van der Waals surface area contributed by atoms with Gasteiger partial charge in [0, 0.05) is 6.08 Å². The summed E-state index contributed by atoms with van der Waals surface area (Å²) >= 11 is 0. The van der Waals surface area contributed by atoms with Crippen LogP contribution in [0.4, 0.5) is 0 Å². The Balaban J connectivity index is 3.76. The lowest BCUT2D eigenvalue weighted by molar-refractivity contribution is -0.143. The number of ether oxygens (including phenoxy) is 1. The minimum atomic E-state index is -0.217. The molecule has 76 valence electrons. The molecule has 1 atom stereocenters. The van der Waals surface area contributed by atoms with E-state index in [1.54, 1.807) is 6.08 Å². The molecule has 0 saturated heterocycles. The number of carbonyl (C=O) groups excluding carboxylic acids is 1. The zero-order valence-electron chi connectivity index (χ0n) is 8.88. The Morgan fingerprint density at radius 2 is 2.15 bits per heavy atom. The zero-order chi connectivity index (χ0) is 10.1. The summed E-state index contributed by atoms with van der Waals surface area (Å²) in [6.45, 7) is 6.00. The first kappa shape index (κ1) is 12.2. The molecular weight excluding hydrogens is 164 g/mol. The molecule has 0 aliphatic carbocycles. The molecule has 0 aliphatic rings. The van der Waals surface area contributed by atoms with E-state index in [4.69, 9.17) is 4.74 Å². The van der Waals surface area contributed by atoms with Crippen LogP contribution in [-0.4, -0.2) is 12.1 Å². The van der Waals surface area contributed by atoms with Crippen molar-refractivity contribution in [3.05, 3.63) is 12.2 Å². The summed E-state index contributed by atoms with van der Waals surface area (Å²) in [7, 11) is 0. The molecule has 0 bridgehead atoms. The van der Waals surface area contributed by atoms with Crippen LogP contribution in [0.5, 0.6) is 0 Å². The van der Waals surface area contributed by atoms with Gasteiger partial charge in [0.1, 0.15) is 6.10 Å². The molecule has 0 fully saturated rings. The molecule has 0 rings (SSSR count). The molecule has 0 radical (unpaired) electrons. The fourth-order valence-electron chi connectivity index (χ4n) is 1.12. The molecule has 0 aromatic heterocycles. The van der Waals surface area contributed by atoms with E-state index in [2.05, 4.69) is 6.92 Å². The fourth-order valence-corrected chi connectivity index (χ4v) is 1.12. The van der Waals surface area contributed by atoms with Crippen molar-refractivity contribution in [2.45, 2.75) is 52.6 Å². The SMILES string of the molecule is CC=CC(=O)OC(CC)CCCC. The van der Waals surface area contributed by atoms with Crippen molar-refractivity contribution in [1.29, 1.82) is 0 Å². The number of unbranched alkanes of at least 4 members (excludes halogenated alkanes) is 1. The lowest BCUT2D eigenvalue weighted by Gasteiger charge is -2.14. The van der Waals surface area contributed by atoms with E-state index in [0.29, 0.717) is 0 Å². The van der Waals surface area contributed by atoms with Gasteiger partial charge in [0.15, 0.2) is 0 Å². The summed E-state index contributed by atoms with van der Waals surface area (Å²) in [6, 6.07) is 0. The molecule has 0 amide bonds. The molecule has 13 heavy (non-hydrogen) atoms. The Morgan fingerprint density at radius 1 is 1.46 bits per heavy atom. The zero-order valence-corrected chi connectivity index (χ0v) is 8.88. The highest BCUT2D eigenvalue weighted by Crippen LogP contribution is 2.08. The highest BCUT2D eigenvalue weighted by molar-refractivity contribution is 5.81. The van der Waals surface area contributed by atoms with Crippen LogP contribution in [0, 0.1) is 0 Å². The number of rotatable bonds is 6. The van der Waals surface area contributed by atoms with Crippen molar-refractivity contribution in [1.82, 2.24) is 0 Å². The lowest BCUT2D eigenvalue weighted by Crippen LogP contribution is -2.15. The molecule has 2 nitrogen and oxygen atoms in total. The van der Waals surface area contributed by atoms with Gasteiger partial charge in [-0.1, -0.05) is 32.8 Å². The third-order valence-electron chi connectivity index (χ3n) is 1.92. The van der Waals surface area contributed by atoms with Gasteiger partial charge in [-0.05, 0) is 19.8 Å². The van der Waals surface area contributed by atoms with Crippen molar-refractivity contribution < 1.29 is 9.53 Å². The highest BCUT2D eigenvalue weighted by atomic mass is 16.5. The molecule has 0 N–H and O–H groups in total. The fraction of sp³-hybridized carbons (Fsp3) is 0.727. The van der Waals surface area contributed by atoms with E-state index in [1.165, 1.54) is 6.08 Å². The standard InChI is InChI=1S/C11H20O2/c1-4-7-9-10(6-3)13-11(12)8-5-2/h5,8,10H,4,6-7,9H2,1-3H3. The first-order valence-corrected chi connectivity index (χ1v) is 5.07. The van der Waals surface area contributed by atoms with E-state index in [1.807, 2.05) is 13.8 Å². The molecule has 2 heteroatoms. The van der Waals surface area contributed by atoms with E-state index < -0.39 is 0 Å². The molecule has 0 aromatic rings.